The summed E-state index contributed by atoms with van der Waals surface area (Å²) in [6, 6.07) is 9.97. The topological polar surface area (TPSA) is 32.9 Å². The van der Waals surface area contributed by atoms with Crippen molar-refractivity contribution in [1.29, 1.82) is 0 Å². The number of hydrogen-bond acceptors (Lipinski definition) is 1. The number of aryl methyl sites for hydroxylation is 1. The van der Waals surface area contributed by atoms with Crippen molar-refractivity contribution in [2.45, 2.75) is 12.8 Å². The van der Waals surface area contributed by atoms with Crippen molar-refractivity contribution in [3.63, 3.8) is 0 Å². The first-order valence-electron chi connectivity index (χ1n) is 5.72. The number of aromatic amines is 1. The van der Waals surface area contributed by atoms with Gasteiger partial charge in [-0.1, -0.05) is 24.3 Å². The zero-order valence-corrected chi connectivity index (χ0v) is 9.60. The van der Waals surface area contributed by atoms with Crippen LogP contribution in [0.4, 0.5) is 0 Å². The van der Waals surface area contributed by atoms with Crippen molar-refractivity contribution < 1.29 is 4.79 Å². The molecule has 2 aromatic rings. The molecular weight excluding hydrogens is 210 g/mol. The Hall–Kier alpha value is -2.09. The van der Waals surface area contributed by atoms with E-state index in [1.165, 1.54) is 0 Å². The van der Waals surface area contributed by atoms with Crippen LogP contribution in [0.15, 0.2) is 36.5 Å². The molecule has 0 spiro atoms. The van der Waals surface area contributed by atoms with E-state index in [2.05, 4.69) is 4.98 Å². The number of rotatable bonds is 1. The van der Waals surface area contributed by atoms with Crippen LogP contribution in [0, 0.1) is 6.92 Å². The van der Waals surface area contributed by atoms with Gasteiger partial charge in [0.05, 0.1) is 5.92 Å². The molecular formula is C15H13NO. The fourth-order valence-corrected chi connectivity index (χ4v) is 2.34. The first-order valence-corrected chi connectivity index (χ1v) is 5.72. The lowest BCUT2D eigenvalue weighted by Crippen LogP contribution is -2.31. The number of carbonyl (C=O) groups excluding carboxylic acids is 1. The molecule has 0 saturated carbocycles. The van der Waals surface area contributed by atoms with Gasteiger partial charge in [0.2, 0.25) is 0 Å². The molecule has 1 N–H and O–H groups in total. The van der Waals surface area contributed by atoms with Gasteiger partial charge < -0.3 is 4.98 Å². The molecule has 0 radical (unpaired) electrons. The van der Waals surface area contributed by atoms with Crippen LogP contribution in [0.2, 0.25) is 0 Å². The maximum absolute atomic E-state index is 12.1. The second-order valence-corrected chi connectivity index (χ2v) is 4.39. The summed E-state index contributed by atoms with van der Waals surface area (Å²) >= 11 is 0. The highest BCUT2D eigenvalue weighted by Crippen LogP contribution is 2.23. The lowest BCUT2D eigenvalue weighted by molar-refractivity contribution is -0.113. The smallest absolute Gasteiger partial charge is 0.167 e. The van der Waals surface area contributed by atoms with E-state index in [1.807, 2.05) is 49.5 Å². The molecule has 1 atom stereocenters. The Kier molecular flexibility index (Phi) is 2.22. The summed E-state index contributed by atoms with van der Waals surface area (Å²) in [4.78, 5) is 15.3. The molecule has 0 aliphatic heterocycles. The van der Waals surface area contributed by atoms with Gasteiger partial charge in [-0.2, -0.15) is 0 Å². The van der Waals surface area contributed by atoms with E-state index >= 15 is 0 Å². The molecule has 17 heavy (non-hydrogen) atoms. The van der Waals surface area contributed by atoms with Gasteiger partial charge in [0.25, 0.3) is 0 Å². The molecule has 1 aliphatic rings. The van der Waals surface area contributed by atoms with Crippen LogP contribution in [0.25, 0.3) is 12.2 Å². The van der Waals surface area contributed by atoms with Gasteiger partial charge in [0.1, 0.15) is 0 Å². The Morgan fingerprint density at radius 2 is 2.00 bits per heavy atom. The standard InChI is InChI=1S/C15H13NO/c1-10-4-2-3-5-12(10)13-9-14-11(6-7-16-14)8-15(13)17/h2-9,13,16H,1H3. The van der Waals surface area contributed by atoms with Crippen LogP contribution in [0.3, 0.4) is 0 Å². The Labute approximate surface area is 99.3 Å². The fraction of sp³-hybridized carbons (Fsp3) is 0.133. The van der Waals surface area contributed by atoms with Crippen molar-refractivity contribution in [2.75, 3.05) is 0 Å². The summed E-state index contributed by atoms with van der Waals surface area (Å²) in [6.07, 6.45) is 5.61. The first-order chi connectivity index (χ1) is 8.25. The Morgan fingerprint density at radius 1 is 1.18 bits per heavy atom. The average Bonchev–Trinajstić information content (AvgIpc) is 2.76. The third-order valence-electron chi connectivity index (χ3n) is 3.27. The second kappa shape index (κ2) is 3.74. The van der Waals surface area contributed by atoms with Crippen molar-refractivity contribution in [1.82, 2.24) is 4.98 Å². The van der Waals surface area contributed by atoms with Gasteiger partial charge in [-0.15, -0.1) is 0 Å². The molecule has 3 rings (SSSR count). The van der Waals surface area contributed by atoms with E-state index in [4.69, 9.17) is 0 Å². The van der Waals surface area contributed by atoms with Crippen LogP contribution < -0.4 is 10.6 Å². The molecule has 2 heteroatoms. The van der Waals surface area contributed by atoms with Crippen LogP contribution in [0.1, 0.15) is 17.0 Å². The fourth-order valence-electron chi connectivity index (χ4n) is 2.34. The monoisotopic (exact) mass is 223 g/mol. The molecule has 0 saturated heterocycles. The number of carbonyl (C=O) groups is 1. The second-order valence-electron chi connectivity index (χ2n) is 4.39. The molecule has 84 valence electrons. The normalized spacial score (nSPS) is 18.2. The van der Waals surface area contributed by atoms with Gasteiger partial charge in [-0.25, -0.2) is 0 Å². The minimum atomic E-state index is -0.151. The number of ketones is 1. The van der Waals surface area contributed by atoms with E-state index in [9.17, 15) is 4.79 Å². The highest BCUT2D eigenvalue weighted by atomic mass is 16.1. The molecule has 1 heterocycles. The van der Waals surface area contributed by atoms with E-state index in [0.29, 0.717) is 0 Å². The highest BCUT2D eigenvalue weighted by molar-refractivity contribution is 6.14. The summed E-state index contributed by atoms with van der Waals surface area (Å²) in [5, 5.41) is 2.03. The minimum absolute atomic E-state index is 0.151. The number of H-pyrrole nitrogens is 1. The summed E-state index contributed by atoms with van der Waals surface area (Å²) in [5.41, 5.74) is 2.25. The van der Waals surface area contributed by atoms with Crippen LogP contribution in [-0.2, 0) is 4.79 Å². The van der Waals surface area contributed by atoms with Crippen molar-refractivity contribution in [3.05, 3.63) is 58.2 Å². The Bertz CT molecular complexity index is 694. The lowest BCUT2D eigenvalue weighted by atomic mass is 9.88. The van der Waals surface area contributed by atoms with Crippen molar-refractivity contribution in [2.24, 2.45) is 0 Å². The summed E-state index contributed by atoms with van der Waals surface area (Å²) in [7, 11) is 0. The van der Waals surface area contributed by atoms with Gasteiger partial charge >= 0.3 is 0 Å². The molecule has 0 amide bonds. The van der Waals surface area contributed by atoms with Crippen molar-refractivity contribution in [3.8, 4) is 0 Å². The van der Waals surface area contributed by atoms with Gasteiger partial charge in [0.15, 0.2) is 5.78 Å². The molecule has 1 aliphatic carbocycles. The van der Waals surface area contributed by atoms with E-state index in [1.54, 1.807) is 6.08 Å². The third-order valence-corrected chi connectivity index (χ3v) is 3.27. The predicted octanol–water partition coefficient (Wildman–Crippen LogP) is 1.25. The molecule has 1 unspecified atom stereocenters. The SMILES string of the molecule is Cc1ccccc1C1C=c2[nH]ccc2=CC1=O. The number of fused-ring (bicyclic) bond motifs is 1. The molecule has 0 bridgehead atoms. The number of benzene rings is 1. The third kappa shape index (κ3) is 1.62. The largest absolute Gasteiger partial charge is 0.361 e. The van der Waals surface area contributed by atoms with E-state index < -0.39 is 0 Å². The zero-order chi connectivity index (χ0) is 11.8. The van der Waals surface area contributed by atoms with Gasteiger partial charge in [0, 0.05) is 16.8 Å². The van der Waals surface area contributed by atoms with E-state index in [-0.39, 0.29) is 11.7 Å². The predicted molar refractivity (Wildman–Crippen MR) is 67.9 cm³/mol. The van der Waals surface area contributed by atoms with Crippen molar-refractivity contribution >= 4 is 17.9 Å². The van der Waals surface area contributed by atoms with E-state index in [0.717, 1.165) is 21.7 Å². The van der Waals surface area contributed by atoms with Crippen LogP contribution >= 0.6 is 0 Å². The maximum atomic E-state index is 12.1. The summed E-state index contributed by atoms with van der Waals surface area (Å²) < 4.78 is 0. The quantitative estimate of drug-likeness (QED) is 0.775. The van der Waals surface area contributed by atoms with Crippen LogP contribution in [0.5, 0.6) is 0 Å². The first kappa shape index (κ1) is 10.1. The van der Waals surface area contributed by atoms with Crippen LogP contribution in [-0.4, -0.2) is 10.8 Å². The molecule has 1 aromatic heterocycles. The van der Waals surface area contributed by atoms with Gasteiger partial charge in [-0.3, -0.25) is 4.79 Å². The average molecular weight is 223 g/mol. The zero-order valence-electron chi connectivity index (χ0n) is 9.60. The van der Waals surface area contributed by atoms with Gasteiger partial charge in [-0.05, 0) is 36.3 Å². The summed E-state index contributed by atoms with van der Waals surface area (Å²) in [6.45, 7) is 2.04. The highest BCUT2D eigenvalue weighted by Gasteiger charge is 2.20. The maximum Gasteiger partial charge on any atom is 0.167 e. The lowest BCUT2D eigenvalue weighted by Gasteiger charge is -2.14. The number of Topliss-reactive ketones (excluding diaryl/α,β-unsaturated/α-hetero) is 1. The Morgan fingerprint density at radius 3 is 2.82 bits per heavy atom. The molecule has 1 aromatic carbocycles. The summed E-state index contributed by atoms with van der Waals surface area (Å²) in [5.74, 6) is 0.00810. The minimum Gasteiger partial charge on any atom is -0.361 e. The Balaban J connectivity index is 2.19. The molecule has 2 nitrogen and oxygen atoms in total. The number of nitrogens with one attached hydrogen (secondary N) is 1. The number of aromatic nitrogens is 1. The number of hydrogen-bond donors (Lipinski definition) is 1. The molecule has 0 fully saturated rings.